The monoisotopic (exact) mass is 504 g/mol. The van der Waals surface area contributed by atoms with Crippen LogP contribution in [0.4, 0.5) is 0 Å². The lowest BCUT2D eigenvalue weighted by Gasteiger charge is -2.45. The van der Waals surface area contributed by atoms with Crippen molar-refractivity contribution in [3.63, 3.8) is 0 Å². The molecule has 0 radical (unpaired) electrons. The summed E-state index contributed by atoms with van der Waals surface area (Å²) in [6.45, 7) is -0.935. The van der Waals surface area contributed by atoms with Gasteiger partial charge in [0.2, 0.25) is 0 Å². The Morgan fingerprint density at radius 2 is 1.31 bits per heavy atom. The van der Waals surface area contributed by atoms with Crippen molar-refractivity contribution in [3.8, 4) is 0 Å². The van der Waals surface area contributed by atoms with Gasteiger partial charge in [-0.1, -0.05) is 43.6 Å². The molecular weight excluding hydrogens is 464 g/mol. The molecule has 2 heterocycles. The van der Waals surface area contributed by atoms with E-state index >= 15 is 0 Å². The second-order valence-corrected chi connectivity index (χ2v) is 9.33. The Kier molecular flexibility index (Phi) is 11.5. The fourth-order valence-corrected chi connectivity index (χ4v) is 4.57. The summed E-state index contributed by atoms with van der Waals surface area (Å²) < 4.78 is 22.0. The minimum atomic E-state index is -1.70. The predicted molar refractivity (Wildman–Crippen MR) is 122 cm³/mol. The van der Waals surface area contributed by atoms with Crippen molar-refractivity contribution in [2.45, 2.75) is 99.9 Å². The molecule has 202 valence electrons. The van der Waals surface area contributed by atoms with Gasteiger partial charge in [-0.3, -0.25) is 0 Å². The summed E-state index contributed by atoms with van der Waals surface area (Å²) in [6, 6.07) is 0. The molecule has 0 unspecified atom stereocenters. The molecule has 0 aromatic rings. The van der Waals surface area contributed by atoms with Crippen LogP contribution in [0.3, 0.4) is 0 Å². The summed E-state index contributed by atoms with van der Waals surface area (Å²) in [5, 5.41) is 70.2. The molecule has 3 aliphatic rings. The number of ether oxygens (including phenoxy) is 4. The van der Waals surface area contributed by atoms with Gasteiger partial charge >= 0.3 is 0 Å². The van der Waals surface area contributed by atoms with E-state index in [4.69, 9.17) is 18.9 Å². The van der Waals surface area contributed by atoms with Crippen molar-refractivity contribution in [2.24, 2.45) is 5.92 Å². The summed E-state index contributed by atoms with van der Waals surface area (Å²) in [4.78, 5) is 0. The number of hydrogen-bond acceptors (Lipinski definition) is 11. The largest absolute Gasteiger partial charge is 0.394 e. The maximum Gasteiger partial charge on any atom is 0.187 e. The minimum absolute atomic E-state index is 0.300. The molecule has 2 saturated heterocycles. The summed E-state index contributed by atoms with van der Waals surface area (Å²) in [5.41, 5.74) is 0. The highest BCUT2D eigenvalue weighted by Gasteiger charge is 2.50. The number of aliphatic hydroxyl groups is 7. The fourth-order valence-electron chi connectivity index (χ4n) is 4.57. The molecular formula is C24H40O11. The second-order valence-electron chi connectivity index (χ2n) is 9.33. The van der Waals surface area contributed by atoms with Crippen LogP contribution in [0.1, 0.15) is 38.5 Å². The van der Waals surface area contributed by atoms with Crippen molar-refractivity contribution in [1.82, 2.24) is 0 Å². The molecule has 11 heteroatoms. The zero-order chi connectivity index (χ0) is 25.4. The van der Waals surface area contributed by atoms with E-state index in [9.17, 15) is 35.7 Å². The third kappa shape index (κ3) is 7.53. The van der Waals surface area contributed by atoms with Gasteiger partial charge in [0.05, 0.1) is 13.2 Å². The molecule has 10 atom stereocenters. The first-order valence-electron chi connectivity index (χ1n) is 12.4. The number of hydrogen-bond donors (Lipinski definition) is 7. The van der Waals surface area contributed by atoms with Gasteiger partial charge in [0.15, 0.2) is 12.6 Å². The van der Waals surface area contributed by atoms with Crippen LogP contribution in [0.2, 0.25) is 0 Å². The molecule has 0 bridgehead atoms. The third-order valence-electron chi connectivity index (χ3n) is 6.71. The summed E-state index contributed by atoms with van der Waals surface area (Å²) >= 11 is 0. The molecule has 11 nitrogen and oxygen atoms in total. The Hall–Kier alpha value is -0.960. The molecule has 0 amide bonds. The number of rotatable bonds is 12. The van der Waals surface area contributed by atoms with Gasteiger partial charge in [-0.15, -0.1) is 0 Å². The van der Waals surface area contributed by atoms with Crippen molar-refractivity contribution in [1.29, 1.82) is 0 Å². The quantitative estimate of drug-likeness (QED) is 0.124. The summed E-state index contributed by atoms with van der Waals surface area (Å²) in [7, 11) is 0. The molecule has 2 aliphatic heterocycles. The number of aliphatic hydroxyl groups excluding tert-OH is 7. The molecule has 0 aromatic heterocycles. The fraction of sp³-hybridized carbons (Fsp3) is 0.833. The maximum atomic E-state index is 10.6. The highest BCUT2D eigenvalue weighted by Crippen LogP contribution is 2.29. The van der Waals surface area contributed by atoms with Crippen LogP contribution in [0.25, 0.3) is 0 Å². The maximum absolute atomic E-state index is 10.6. The molecule has 35 heavy (non-hydrogen) atoms. The van der Waals surface area contributed by atoms with Gasteiger partial charge in [0.25, 0.3) is 0 Å². The molecule has 3 rings (SSSR count). The van der Waals surface area contributed by atoms with E-state index in [1.165, 1.54) is 0 Å². The molecule has 7 N–H and O–H groups in total. The summed E-state index contributed by atoms with van der Waals surface area (Å²) in [5.74, 6) is 0.515. The standard InChI is InChI=1S/C24H40O11/c25-12-15-17(27)18(28)20(30)24(33-15)35-22-16(13-26)34-23(21(31)19(22)29)32-11-7-2-1-4-8-14-9-5-3-6-10-14/h5-6,9-10,14-31H,1-4,7-8,11-13H2/t15-,16-,17-,18+,19-,20-,21-,22-,23-,24-/m1/s1. The van der Waals surface area contributed by atoms with Crippen molar-refractivity contribution >= 4 is 0 Å². The van der Waals surface area contributed by atoms with E-state index < -0.39 is 74.6 Å². The second kappa shape index (κ2) is 14.1. The molecule has 1 aliphatic carbocycles. The highest BCUT2D eigenvalue weighted by molar-refractivity contribution is 5.08. The van der Waals surface area contributed by atoms with Crippen molar-refractivity contribution in [3.05, 3.63) is 24.3 Å². The highest BCUT2D eigenvalue weighted by atomic mass is 16.7. The molecule has 0 spiro atoms. The minimum Gasteiger partial charge on any atom is -0.394 e. The Balaban J connectivity index is 1.42. The normalized spacial score (nSPS) is 40.3. The Morgan fingerprint density at radius 1 is 0.686 bits per heavy atom. The smallest absolute Gasteiger partial charge is 0.187 e. The zero-order valence-electron chi connectivity index (χ0n) is 19.8. The van der Waals surface area contributed by atoms with Crippen LogP contribution in [-0.2, 0) is 18.9 Å². The Labute approximate surface area is 205 Å². The first-order chi connectivity index (χ1) is 16.9. The van der Waals surface area contributed by atoms with Gasteiger partial charge in [-0.25, -0.2) is 0 Å². The van der Waals surface area contributed by atoms with Gasteiger partial charge in [0.1, 0.15) is 48.8 Å². The lowest BCUT2D eigenvalue weighted by molar-refractivity contribution is -0.359. The van der Waals surface area contributed by atoms with Gasteiger partial charge in [0, 0.05) is 6.61 Å². The molecule has 2 fully saturated rings. The van der Waals surface area contributed by atoms with E-state index in [2.05, 4.69) is 24.3 Å². The number of allylic oxidation sites excluding steroid dienone is 4. The van der Waals surface area contributed by atoms with Crippen LogP contribution in [0.15, 0.2) is 24.3 Å². The first kappa shape index (κ1) is 28.6. The van der Waals surface area contributed by atoms with Crippen LogP contribution in [-0.4, -0.2) is 117 Å². The van der Waals surface area contributed by atoms with Crippen LogP contribution in [0, 0.1) is 5.92 Å². The van der Waals surface area contributed by atoms with E-state index in [-0.39, 0.29) is 0 Å². The SMILES string of the molecule is OC[C@H]1O[C@H](O[C@H]2[C@H](O)[C@@H](O)[C@H](OCCCCCCC3C=CCC=C3)O[C@@H]2CO)[C@H](O)[C@@H](O)[C@@H]1O. The van der Waals surface area contributed by atoms with Crippen LogP contribution >= 0.6 is 0 Å². The average molecular weight is 505 g/mol. The van der Waals surface area contributed by atoms with Gasteiger partial charge in [-0.05, 0) is 25.2 Å². The predicted octanol–water partition coefficient (Wildman–Crippen LogP) is -1.29. The van der Waals surface area contributed by atoms with E-state index in [1.54, 1.807) is 0 Å². The lowest BCUT2D eigenvalue weighted by atomic mass is 9.96. The lowest BCUT2D eigenvalue weighted by Crippen LogP contribution is -2.64. The Bertz CT molecular complexity index is 658. The van der Waals surface area contributed by atoms with E-state index in [0.29, 0.717) is 12.5 Å². The average Bonchev–Trinajstić information content (AvgIpc) is 2.87. The first-order valence-corrected chi connectivity index (χ1v) is 12.4. The van der Waals surface area contributed by atoms with Crippen LogP contribution < -0.4 is 0 Å². The number of unbranched alkanes of at least 4 members (excludes halogenated alkanes) is 3. The van der Waals surface area contributed by atoms with Crippen molar-refractivity contribution < 1.29 is 54.7 Å². The zero-order valence-corrected chi connectivity index (χ0v) is 19.8. The van der Waals surface area contributed by atoms with Crippen molar-refractivity contribution in [2.75, 3.05) is 19.8 Å². The van der Waals surface area contributed by atoms with E-state index in [1.807, 2.05) is 0 Å². The van der Waals surface area contributed by atoms with E-state index in [0.717, 1.165) is 38.5 Å². The topological polar surface area (TPSA) is 179 Å². The molecule has 0 saturated carbocycles. The Morgan fingerprint density at radius 3 is 2.00 bits per heavy atom. The van der Waals surface area contributed by atoms with Gasteiger partial charge < -0.3 is 54.7 Å². The summed E-state index contributed by atoms with van der Waals surface area (Å²) in [6.07, 6.45) is 0.399. The van der Waals surface area contributed by atoms with Crippen LogP contribution in [0.5, 0.6) is 0 Å². The van der Waals surface area contributed by atoms with Gasteiger partial charge in [-0.2, -0.15) is 0 Å². The third-order valence-corrected chi connectivity index (χ3v) is 6.71. The molecule has 0 aromatic carbocycles.